The number of rotatable bonds is 7. The van der Waals surface area contributed by atoms with Crippen LogP contribution in [0, 0.1) is 0 Å². The third kappa shape index (κ3) is 4.92. The topological polar surface area (TPSA) is 66.5 Å². The molecule has 0 amide bonds. The van der Waals surface area contributed by atoms with Crippen LogP contribution in [-0.4, -0.2) is 67.3 Å². The summed E-state index contributed by atoms with van der Waals surface area (Å²) in [7, 11) is 5.46. The number of aromatic amines is 1. The summed E-state index contributed by atoms with van der Waals surface area (Å²) in [6.45, 7) is 4.17. The van der Waals surface area contributed by atoms with Crippen molar-refractivity contribution in [3.63, 3.8) is 0 Å². The van der Waals surface area contributed by atoms with Crippen LogP contribution < -0.4 is 14.4 Å². The van der Waals surface area contributed by atoms with Crippen LogP contribution in [0.25, 0.3) is 22.4 Å². The molecule has 7 nitrogen and oxygen atoms in total. The third-order valence-electron chi connectivity index (χ3n) is 6.72. The van der Waals surface area contributed by atoms with Gasteiger partial charge in [0.05, 0.1) is 19.2 Å². The van der Waals surface area contributed by atoms with Gasteiger partial charge in [0.2, 0.25) is 0 Å². The van der Waals surface area contributed by atoms with Crippen molar-refractivity contribution in [2.24, 2.45) is 0 Å². The van der Waals surface area contributed by atoms with Gasteiger partial charge in [0.15, 0.2) is 5.65 Å². The molecule has 0 atom stereocenters. The second-order valence-electron chi connectivity index (χ2n) is 8.91. The summed E-state index contributed by atoms with van der Waals surface area (Å²) >= 11 is 6.66. The minimum atomic E-state index is 0.625. The fourth-order valence-corrected chi connectivity index (χ4v) is 4.93. The van der Waals surface area contributed by atoms with Crippen LogP contribution in [0.5, 0.6) is 11.5 Å². The molecule has 8 heteroatoms. The zero-order valence-electron chi connectivity index (χ0n) is 20.3. The smallest absolute Gasteiger partial charge is 0.156 e. The van der Waals surface area contributed by atoms with Gasteiger partial charge in [0.1, 0.15) is 17.0 Å². The minimum Gasteiger partial charge on any atom is -0.497 e. The molecule has 182 valence electrons. The second-order valence-corrected chi connectivity index (χ2v) is 9.29. The van der Waals surface area contributed by atoms with E-state index in [1.165, 1.54) is 11.3 Å². The number of anilines is 1. The molecule has 1 saturated heterocycles. The van der Waals surface area contributed by atoms with E-state index in [2.05, 4.69) is 56.1 Å². The number of benzene rings is 2. The van der Waals surface area contributed by atoms with Crippen molar-refractivity contribution >= 4 is 28.5 Å². The van der Waals surface area contributed by atoms with Crippen molar-refractivity contribution in [3.8, 4) is 22.8 Å². The van der Waals surface area contributed by atoms with Gasteiger partial charge in [0, 0.05) is 61.6 Å². The maximum Gasteiger partial charge on any atom is 0.156 e. The number of aryl methyl sites for hydroxylation is 2. The maximum absolute atomic E-state index is 6.66. The average Bonchev–Trinajstić information content (AvgIpc) is 3.32. The SMILES string of the molecule is COc1cc(CCc2cc(N3CCN(C)CC3)ccc2-c2cc3nccnc3[nH]2)c(Cl)c(OC)c1. The summed E-state index contributed by atoms with van der Waals surface area (Å²) in [5.74, 6) is 1.36. The Labute approximate surface area is 210 Å². The Morgan fingerprint density at radius 1 is 0.914 bits per heavy atom. The largest absolute Gasteiger partial charge is 0.497 e. The first kappa shape index (κ1) is 23.5. The van der Waals surface area contributed by atoms with Crippen molar-refractivity contribution in [2.75, 3.05) is 52.3 Å². The zero-order valence-corrected chi connectivity index (χ0v) is 21.1. The van der Waals surface area contributed by atoms with Gasteiger partial charge < -0.3 is 24.3 Å². The number of ether oxygens (including phenoxy) is 2. The summed E-state index contributed by atoms with van der Waals surface area (Å²) in [6, 6.07) is 12.6. The number of hydrogen-bond acceptors (Lipinski definition) is 6. The highest BCUT2D eigenvalue weighted by molar-refractivity contribution is 6.32. The van der Waals surface area contributed by atoms with Gasteiger partial charge in [-0.3, -0.25) is 4.98 Å². The Bertz CT molecular complexity index is 1300. The van der Waals surface area contributed by atoms with Crippen LogP contribution in [-0.2, 0) is 12.8 Å². The molecular formula is C27H30ClN5O2. The summed E-state index contributed by atoms with van der Waals surface area (Å²) in [4.78, 5) is 17.1. The van der Waals surface area contributed by atoms with Crippen molar-refractivity contribution in [1.82, 2.24) is 19.9 Å². The average molecular weight is 492 g/mol. The molecular weight excluding hydrogens is 462 g/mol. The van der Waals surface area contributed by atoms with E-state index in [0.717, 1.165) is 72.8 Å². The lowest BCUT2D eigenvalue weighted by Gasteiger charge is -2.34. The third-order valence-corrected chi connectivity index (χ3v) is 7.14. The van der Waals surface area contributed by atoms with E-state index in [4.69, 9.17) is 21.1 Å². The van der Waals surface area contributed by atoms with E-state index in [-0.39, 0.29) is 0 Å². The number of H-pyrrole nitrogens is 1. The normalized spacial score (nSPS) is 14.5. The molecule has 0 saturated carbocycles. The van der Waals surface area contributed by atoms with Gasteiger partial charge in [0.25, 0.3) is 0 Å². The van der Waals surface area contributed by atoms with Gasteiger partial charge in [-0.15, -0.1) is 0 Å². The molecule has 3 heterocycles. The monoisotopic (exact) mass is 491 g/mol. The van der Waals surface area contributed by atoms with E-state index in [9.17, 15) is 0 Å². The van der Waals surface area contributed by atoms with Crippen LogP contribution in [0.1, 0.15) is 11.1 Å². The van der Waals surface area contributed by atoms with Crippen LogP contribution in [0.15, 0.2) is 48.8 Å². The van der Waals surface area contributed by atoms with Gasteiger partial charge >= 0.3 is 0 Å². The molecule has 0 spiro atoms. The first-order valence-electron chi connectivity index (χ1n) is 11.8. The molecule has 1 aliphatic rings. The fourth-order valence-electron chi connectivity index (χ4n) is 4.65. The van der Waals surface area contributed by atoms with E-state index in [1.807, 2.05) is 12.1 Å². The number of halogens is 1. The number of aromatic nitrogens is 3. The molecule has 1 N–H and O–H groups in total. The Hall–Kier alpha value is -3.29. The van der Waals surface area contributed by atoms with Crippen LogP contribution in [0.3, 0.4) is 0 Å². The van der Waals surface area contributed by atoms with E-state index >= 15 is 0 Å². The van der Waals surface area contributed by atoms with Crippen LogP contribution >= 0.6 is 11.6 Å². The highest BCUT2D eigenvalue weighted by Crippen LogP contribution is 2.35. The van der Waals surface area contributed by atoms with E-state index in [0.29, 0.717) is 10.8 Å². The molecule has 0 aliphatic carbocycles. The summed E-state index contributed by atoms with van der Waals surface area (Å²) in [6.07, 6.45) is 4.99. The molecule has 2 aromatic carbocycles. The predicted octanol–water partition coefficient (Wildman–Crippen LogP) is 4.83. The van der Waals surface area contributed by atoms with Crippen molar-refractivity contribution < 1.29 is 9.47 Å². The highest BCUT2D eigenvalue weighted by Gasteiger charge is 2.18. The maximum atomic E-state index is 6.66. The molecule has 35 heavy (non-hydrogen) atoms. The zero-order chi connectivity index (χ0) is 24.4. The first-order valence-corrected chi connectivity index (χ1v) is 12.2. The predicted molar refractivity (Wildman–Crippen MR) is 141 cm³/mol. The molecule has 1 fully saturated rings. The Morgan fingerprint density at radius 3 is 2.43 bits per heavy atom. The number of methoxy groups -OCH3 is 2. The standard InChI is InChI=1S/C27H30ClN5O2/c1-32-10-12-33(13-11-32)20-6-7-22(23-17-24-27(31-23)30-9-8-29-24)18(14-20)4-5-19-15-21(34-2)16-25(35-3)26(19)28/h6-9,14-17H,4-5,10-13H2,1-3H3,(H,30,31). The van der Waals surface area contributed by atoms with Crippen molar-refractivity contribution in [3.05, 3.63) is 64.9 Å². The lowest BCUT2D eigenvalue weighted by atomic mass is 9.96. The van der Waals surface area contributed by atoms with E-state index in [1.54, 1.807) is 26.6 Å². The number of hydrogen-bond donors (Lipinski definition) is 1. The molecule has 4 aromatic rings. The Kier molecular flexibility index (Phi) is 6.79. The number of fused-ring (bicyclic) bond motifs is 1. The lowest BCUT2D eigenvalue weighted by molar-refractivity contribution is 0.313. The molecule has 5 rings (SSSR count). The molecule has 0 radical (unpaired) electrons. The minimum absolute atomic E-state index is 0.625. The number of piperazine rings is 1. The van der Waals surface area contributed by atoms with E-state index < -0.39 is 0 Å². The van der Waals surface area contributed by atoms with Gasteiger partial charge in [-0.25, -0.2) is 4.98 Å². The first-order chi connectivity index (χ1) is 17.1. The fraction of sp³-hybridized carbons (Fsp3) is 0.333. The van der Waals surface area contributed by atoms with Crippen LogP contribution in [0.4, 0.5) is 5.69 Å². The number of nitrogens with zero attached hydrogens (tertiary/aromatic N) is 4. The molecule has 0 unspecified atom stereocenters. The van der Waals surface area contributed by atoms with Crippen LogP contribution in [0.2, 0.25) is 5.02 Å². The van der Waals surface area contributed by atoms with Crippen molar-refractivity contribution in [1.29, 1.82) is 0 Å². The molecule has 2 aromatic heterocycles. The summed E-state index contributed by atoms with van der Waals surface area (Å²) in [5.41, 5.74) is 7.30. The summed E-state index contributed by atoms with van der Waals surface area (Å²) < 4.78 is 10.9. The van der Waals surface area contributed by atoms with Crippen molar-refractivity contribution in [2.45, 2.75) is 12.8 Å². The number of likely N-dealkylation sites (N-methyl/N-ethyl adjacent to an activating group) is 1. The van der Waals surface area contributed by atoms with Gasteiger partial charge in [-0.05, 0) is 55.3 Å². The Morgan fingerprint density at radius 2 is 1.69 bits per heavy atom. The van der Waals surface area contributed by atoms with Gasteiger partial charge in [-0.2, -0.15) is 0 Å². The van der Waals surface area contributed by atoms with Gasteiger partial charge in [-0.1, -0.05) is 17.7 Å². The highest BCUT2D eigenvalue weighted by atomic mass is 35.5. The summed E-state index contributed by atoms with van der Waals surface area (Å²) in [5, 5.41) is 0.629. The lowest BCUT2D eigenvalue weighted by Crippen LogP contribution is -2.44. The Balaban J connectivity index is 1.51. The second kappa shape index (κ2) is 10.1. The molecule has 0 bridgehead atoms. The number of nitrogens with one attached hydrogen (secondary N) is 1. The quantitative estimate of drug-likeness (QED) is 0.399. The molecule has 1 aliphatic heterocycles.